The van der Waals surface area contributed by atoms with Crippen molar-refractivity contribution in [2.45, 2.75) is 39.3 Å². The van der Waals surface area contributed by atoms with E-state index in [9.17, 15) is 0 Å². The highest BCUT2D eigenvalue weighted by Crippen LogP contribution is 2.26. The van der Waals surface area contributed by atoms with Crippen LogP contribution in [0.2, 0.25) is 0 Å². The minimum absolute atomic E-state index is 0. The van der Waals surface area contributed by atoms with E-state index in [1.54, 1.807) is 7.11 Å². The molecule has 1 atom stereocenters. The van der Waals surface area contributed by atoms with Gasteiger partial charge in [-0.25, -0.2) is 0 Å². The highest BCUT2D eigenvalue weighted by molar-refractivity contribution is 5.85. The zero-order valence-electron chi connectivity index (χ0n) is 12.4. The second-order valence-electron chi connectivity index (χ2n) is 5.05. The molecule has 1 saturated heterocycles. The van der Waals surface area contributed by atoms with E-state index in [0.717, 1.165) is 42.2 Å². The Morgan fingerprint density at radius 2 is 2.10 bits per heavy atom. The van der Waals surface area contributed by atoms with Gasteiger partial charge in [-0.3, -0.25) is 9.88 Å². The maximum absolute atomic E-state index is 5.81. The molecule has 0 aromatic carbocycles. The first-order valence-corrected chi connectivity index (χ1v) is 6.60. The summed E-state index contributed by atoms with van der Waals surface area (Å²) in [4.78, 5) is 6.99. The number of likely N-dealkylation sites (tertiary alicyclic amines) is 1. The Morgan fingerprint density at radius 1 is 1.40 bits per heavy atom. The minimum atomic E-state index is 0. The Kier molecular flexibility index (Phi) is 8.44. The lowest BCUT2D eigenvalue weighted by molar-refractivity contribution is 0.246. The molecule has 2 rings (SSSR count). The van der Waals surface area contributed by atoms with Gasteiger partial charge in [0.05, 0.1) is 12.8 Å². The molecule has 6 heteroatoms. The van der Waals surface area contributed by atoms with Crippen molar-refractivity contribution in [1.82, 2.24) is 9.88 Å². The number of hydrogen-bond donors (Lipinski definition) is 1. The van der Waals surface area contributed by atoms with Crippen LogP contribution in [0.15, 0.2) is 6.20 Å². The van der Waals surface area contributed by atoms with Crippen LogP contribution in [0.25, 0.3) is 0 Å². The lowest BCUT2D eigenvalue weighted by atomic mass is 10.1. The van der Waals surface area contributed by atoms with E-state index < -0.39 is 0 Å². The Labute approximate surface area is 133 Å². The number of aromatic nitrogens is 1. The van der Waals surface area contributed by atoms with Crippen molar-refractivity contribution in [3.63, 3.8) is 0 Å². The van der Waals surface area contributed by atoms with Crippen molar-refractivity contribution in [1.29, 1.82) is 0 Å². The number of nitrogens with zero attached hydrogens (tertiary/aromatic N) is 2. The van der Waals surface area contributed by atoms with Crippen molar-refractivity contribution in [2.75, 3.05) is 20.2 Å². The highest BCUT2D eigenvalue weighted by Gasteiger charge is 2.24. The second-order valence-corrected chi connectivity index (χ2v) is 5.05. The summed E-state index contributed by atoms with van der Waals surface area (Å²) in [5.74, 6) is 0.962. The van der Waals surface area contributed by atoms with Gasteiger partial charge in [0, 0.05) is 36.5 Å². The van der Waals surface area contributed by atoms with Gasteiger partial charge < -0.3 is 10.5 Å². The predicted molar refractivity (Wildman–Crippen MR) is 87.2 cm³/mol. The average molecular weight is 322 g/mol. The zero-order chi connectivity index (χ0) is 13.1. The van der Waals surface area contributed by atoms with E-state index >= 15 is 0 Å². The van der Waals surface area contributed by atoms with E-state index in [1.165, 1.54) is 12.8 Å². The van der Waals surface area contributed by atoms with Gasteiger partial charge in [0.2, 0.25) is 0 Å². The van der Waals surface area contributed by atoms with E-state index in [0.29, 0.717) is 6.04 Å². The standard InChI is InChI=1S/C14H23N3O.2ClH/c1-10-8-16-13(11(2)14(10)18-3)9-17-6-4-5-12(17)7-15;;/h8,12H,4-7,9,15H2,1-3H3;2*1H. The van der Waals surface area contributed by atoms with Crippen LogP contribution in [0.1, 0.15) is 29.7 Å². The molecule has 4 nitrogen and oxygen atoms in total. The summed E-state index contributed by atoms with van der Waals surface area (Å²) in [6.45, 7) is 6.86. The van der Waals surface area contributed by atoms with Gasteiger partial charge in [-0.05, 0) is 33.2 Å². The fourth-order valence-electron chi connectivity index (χ4n) is 2.79. The fourth-order valence-corrected chi connectivity index (χ4v) is 2.79. The Balaban J connectivity index is 0.00000180. The molecule has 0 aliphatic carbocycles. The lowest BCUT2D eigenvalue weighted by Gasteiger charge is -2.24. The van der Waals surface area contributed by atoms with E-state index in [-0.39, 0.29) is 24.8 Å². The maximum Gasteiger partial charge on any atom is 0.128 e. The van der Waals surface area contributed by atoms with Crippen LogP contribution < -0.4 is 10.5 Å². The molecule has 2 N–H and O–H groups in total. The van der Waals surface area contributed by atoms with Gasteiger partial charge in [0.15, 0.2) is 0 Å². The third-order valence-corrected chi connectivity index (χ3v) is 3.87. The van der Waals surface area contributed by atoms with Crippen molar-refractivity contribution < 1.29 is 4.74 Å². The molecule has 20 heavy (non-hydrogen) atoms. The van der Waals surface area contributed by atoms with Crippen LogP contribution in [0.4, 0.5) is 0 Å². The van der Waals surface area contributed by atoms with Crippen LogP contribution in [-0.4, -0.2) is 36.1 Å². The number of rotatable bonds is 4. The van der Waals surface area contributed by atoms with Gasteiger partial charge in [0.25, 0.3) is 0 Å². The SMILES string of the molecule is COc1c(C)cnc(CN2CCCC2CN)c1C.Cl.Cl. The zero-order valence-corrected chi connectivity index (χ0v) is 14.0. The van der Waals surface area contributed by atoms with Gasteiger partial charge in [-0.2, -0.15) is 0 Å². The van der Waals surface area contributed by atoms with Crippen LogP contribution >= 0.6 is 24.8 Å². The van der Waals surface area contributed by atoms with Crippen molar-refractivity contribution >= 4 is 24.8 Å². The summed E-state index contributed by atoms with van der Waals surface area (Å²) in [6.07, 6.45) is 4.34. The van der Waals surface area contributed by atoms with Crippen LogP contribution in [-0.2, 0) is 6.54 Å². The van der Waals surface area contributed by atoms with Gasteiger partial charge in [0.1, 0.15) is 5.75 Å². The molecule has 1 aromatic rings. The topological polar surface area (TPSA) is 51.4 Å². The van der Waals surface area contributed by atoms with Gasteiger partial charge >= 0.3 is 0 Å². The summed E-state index contributed by atoms with van der Waals surface area (Å²) in [7, 11) is 1.72. The van der Waals surface area contributed by atoms with E-state index in [4.69, 9.17) is 10.5 Å². The average Bonchev–Trinajstić information content (AvgIpc) is 2.81. The summed E-state index contributed by atoms with van der Waals surface area (Å²) in [5, 5.41) is 0. The van der Waals surface area contributed by atoms with Crippen molar-refractivity contribution in [2.24, 2.45) is 5.73 Å². The van der Waals surface area contributed by atoms with Gasteiger partial charge in [-0.15, -0.1) is 24.8 Å². The second kappa shape index (κ2) is 8.67. The molecule has 0 saturated carbocycles. The van der Waals surface area contributed by atoms with Crippen molar-refractivity contribution in [3.05, 3.63) is 23.0 Å². The molecule has 2 heterocycles. The molecule has 1 fully saturated rings. The maximum atomic E-state index is 5.81. The Hall–Kier alpha value is -0.550. The number of hydrogen-bond acceptors (Lipinski definition) is 4. The smallest absolute Gasteiger partial charge is 0.128 e. The lowest BCUT2D eigenvalue weighted by Crippen LogP contribution is -2.35. The molecule has 0 bridgehead atoms. The van der Waals surface area contributed by atoms with Crippen LogP contribution in [0.3, 0.4) is 0 Å². The summed E-state index contributed by atoms with van der Waals surface area (Å²) < 4.78 is 5.45. The molecular weight excluding hydrogens is 297 g/mol. The summed E-state index contributed by atoms with van der Waals surface area (Å²) >= 11 is 0. The number of aryl methyl sites for hydroxylation is 1. The minimum Gasteiger partial charge on any atom is -0.496 e. The Bertz CT molecular complexity index is 429. The molecule has 1 aromatic heterocycles. The first kappa shape index (κ1) is 19.4. The normalized spacial score (nSPS) is 18.3. The third-order valence-electron chi connectivity index (χ3n) is 3.87. The number of nitrogens with two attached hydrogens (primary N) is 1. The summed E-state index contributed by atoms with van der Waals surface area (Å²) in [5.41, 5.74) is 9.16. The first-order chi connectivity index (χ1) is 8.67. The largest absolute Gasteiger partial charge is 0.496 e. The molecule has 1 unspecified atom stereocenters. The molecule has 0 amide bonds. The predicted octanol–water partition coefficient (Wildman–Crippen LogP) is 2.47. The molecule has 116 valence electrons. The number of pyridine rings is 1. The van der Waals surface area contributed by atoms with Gasteiger partial charge in [-0.1, -0.05) is 0 Å². The number of ether oxygens (including phenoxy) is 1. The number of methoxy groups -OCH3 is 1. The monoisotopic (exact) mass is 321 g/mol. The van der Waals surface area contributed by atoms with Crippen molar-refractivity contribution in [3.8, 4) is 5.75 Å². The molecule has 0 spiro atoms. The van der Waals surface area contributed by atoms with E-state index in [1.807, 2.05) is 13.1 Å². The molecule has 1 aliphatic heterocycles. The number of halogens is 2. The van der Waals surface area contributed by atoms with E-state index in [2.05, 4.69) is 16.8 Å². The molecular formula is C14H25Cl2N3O. The quantitative estimate of drug-likeness (QED) is 0.925. The first-order valence-electron chi connectivity index (χ1n) is 6.60. The summed E-state index contributed by atoms with van der Waals surface area (Å²) in [6, 6.07) is 0.512. The van der Waals surface area contributed by atoms with Crippen LogP contribution in [0, 0.1) is 13.8 Å². The Morgan fingerprint density at radius 3 is 2.70 bits per heavy atom. The van der Waals surface area contributed by atoms with Crippen LogP contribution in [0.5, 0.6) is 5.75 Å². The third kappa shape index (κ3) is 3.98. The highest BCUT2D eigenvalue weighted by atomic mass is 35.5. The molecule has 1 aliphatic rings. The fraction of sp³-hybridized carbons (Fsp3) is 0.643. The molecule has 0 radical (unpaired) electrons.